The average Bonchev–Trinajstić information content (AvgIpc) is 2.24. The maximum absolute atomic E-state index is 11.9. The Labute approximate surface area is 107 Å². The highest BCUT2D eigenvalue weighted by Crippen LogP contribution is 2.19. The van der Waals surface area contributed by atoms with Gasteiger partial charge in [-0.05, 0) is 36.6 Å². The summed E-state index contributed by atoms with van der Waals surface area (Å²) in [5.41, 5.74) is 2.12. The molecule has 3 nitrogen and oxygen atoms in total. The molecule has 5 heteroatoms. The molecule has 1 aromatic carbocycles. The van der Waals surface area contributed by atoms with Crippen LogP contribution in [0.15, 0.2) is 18.2 Å². The minimum Gasteiger partial charge on any atom is -0.314 e. The topological polar surface area (TPSA) is 46.2 Å². The van der Waals surface area contributed by atoms with E-state index in [1.54, 1.807) is 0 Å². The maximum Gasteiger partial charge on any atom is 0.155 e. The molecule has 0 amide bonds. The third kappa shape index (κ3) is 3.00. The van der Waals surface area contributed by atoms with Gasteiger partial charge in [0.2, 0.25) is 0 Å². The highest BCUT2D eigenvalue weighted by molar-refractivity contribution is 7.92. The van der Waals surface area contributed by atoms with Gasteiger partial charge in [0.25, 0.3) is 0 Å². The standard InChI is InChI=1S/C12H16ClNO2S/c1-9-6-11(13)3-2-10(9)7-12-8-14-4-5-17(12,15)16/h2-3,6,12,14H,4-5,7-8H2,1H3. The van der Waals surface area contributed by atoms with Gasteiger partial charge in [-0.2, -0.15) is 0 Å². The molecule has 1 aliphatic heterocycles. The predicted octanol–water partition coefficient (Wildman–Crippen LogP) is 1.58. The number of hydrogen-bond acceptors (Lipinski definition) is 3. The first kappa shape index (κ1) is 12.9. The van der Waals surface area contributed by atoms with Crippen LogP contribution >= 0.6 is 11.6 Å². The van der Waals surface area contributed by atoms with E-state index in [4.69, 9.17) is 11.6 Å². The second kappa shape index (κ2) is 4.96. The minimum absolute atomic E-state index is 0.240. The summed E-state index contributed by atoms with van der Waals surface area (Å²) in [5.74, 6) is 0.240. The molecule has 17 heavy (non-hydrogen) atoms. The molecule has 0 radical (unpaired) electrons. The zero-order chi connectivity index (χ0) is 12.5. The monoisotopic (exact) mass is 273 g/mol. The van der Waals surface area contributed by atoms with Gasteiger partial charge in [-0.15, -0.1) is 0 Å². The maximum atomic E-state index is 11.9. The molecule has 1 fully saturated rings. The summed E-state index contributed by atoms with van der Waals surface area (Å²) in [7, 11) is -2.94. The summed E-state index contributed by atoms with van der Waals surface area (Å²) in [5, 5.41) is 3.52. The molecule has 0 spiro atoms. The Morgan fingerprint density at radius 3 is 2.88 bits per heavy atom. The summed E-state index contributed by atoms with van der Waals surface area (Å²) < 4.78 is 23.8. The summed E-state index contributed by atoms with van der Waals surface area (Å²) in [6.45, 7) is 3.08. The molecular weight excluding hydrogens is 258 g/mol. The van der Waals surface area contributed by atoms with Crippen LogP contribution in [0.3, 0.4) is 0 Å². The van der Waals surface area contributed by atoms with Crippen molar-refractivity contribution in [3.8, 4) is 0 Å². The molecule has 0 aliphatic carbocycles. The van der Waals surface area contributed by atoms with E-state index in [-0.39, 0.29) is 11.0 Å². The van der Waals surface area contributed by atoms with Gasteiger partial charge < -0.3 is 5.32 Å². The van der Waals surface area contributed by atoms with E-state index in [0.29, 0.717) is 24.5 Å². The van der Waals surface area contributed by atoms with Crippen LogP contribution in [0, 0.1) is 6.92 Å². The van der Waals surface area contributed by atoms with E-state index in [1.807, 2.05) is 25.1 Å². The lowest BCUT2D eigenvalue weighted by Gasteiger charge is -2.23. The minimum atomic E-state index is -2.94. The molecule has 0 saturated carbocycles. The van der Waals surface area contributed by atoms with Crippen LogP contribution in [-0.4, -0.2) is 32.5 Å². The first-order chi connectivity index (χ1) is 7.99. The summed E-state index contributed by atoms with van der Waals surface area (Å²) in [6.07, 6.45) is 0.568. The van der Waals surface area contributed by atoms with Gasteiger partial charge >= 0.3 is 0 Å². The first-order valence-electron chi connectivity index (χ1n) is 5.66. The number of rotatable bonds is 2. The highest BCUT2D eigenvalue weighted by Gasteiger charge is 2.28. The van der Waals surface area contributed by atoms with E-state index in [1.165, 1.54) is 0 Å². The summed E-state index contributed by atoms with van der Waals surface area (Å²) in [4.78, 5) is 0. The lowest BCUT2D eigenvalue weighted by molar-refractivity contribution is 0.543. The largest absolute Gasteiger partial charge is 0.314 e. The van der Waals surface area contributed by atoms with Crippen molar-refractivity contribution in [2.24, 2.45) is 0 Å². The van der Waals surface area contributed by atoms with E-state index < -0.39 is 9.84 Å². The molecule has 1 N–H and O–H groups in total. The number of hydrogen-bond donors (Lipinski definition) is 1. The zero-order valence-corrected chi connectivity index (χ0v) is 11.3. The van der Waals surface area contributed by atoms with Crippen molar-refractivity contribution in [2.75, 3.05) is 18.8 Å². The number of nitrogens with one attached hydrogen (secondary N) is 1. The molecule has 1 atom stereocenters. The number of benzene rings is 1. The molecule has 0 bridgehead atoms. The van der Waals surface area contributed by atoms with Crippen LogP contribution < -0.4 is 5.32 Å². The Morgan fingerprint density at radius 2 is 2.24 bits per heavy atom. The van der Waals surface area contributed by atoms with E-state index in [9.17, 15) is 8.42 Å². The Kier molecular flexibility index (Phi) is 3.76. The van der Waals surface area contributed by atoms with E-state index in [2.05, 4.69) is 5.32 Å². The van der Waals surface area contributed by atoms with Crippen LogP contribution in [0.5, 0.6) is 0 Å². The number of sulfone groups is 1. The quantitative estimate of drug-likeness (QED) is 0.890. The SMILES string of the molecule is Cc1cc(Cl)ccc1CC1CNCCS1(=O)=O. The molecule has 0 aromatic heterocycles. The third-order valence-corrected chi connectivity index (χ3v) is 5.55. The first-order valence-corrected chi connectivity index (χ1v) is 7.76. The molecule has 1 saturated heterocycles. The van der Waals surface area contributed by atoms with Crippen LogP contribution in [-0.2, 0) is 16.3 Å². The fraction of sp³-hybridized carbons (Fsp3) is 0.500. The lowest BCUT2D eigenvalue weighted by Crippen LogP contribution is -2.45. The van der Waals surface area contributed by atoms with Crippen molar-refractivity contribution in [3.05, 3.63) is 34.3 Å². The van der Waals surface area contributed by atoms with Crippen molar-refractivity contribution in [3.63, 3.8) is 0 Å². The van der Waals surface area contributed by atoms with Crippen LogP contribution in [0.1, 0.15) is 11.1 Å². The normalized spacial score (nSPS) is 23.5. The van der Waals surface area contributed by atoms with Gasteiger partial charge in [0.1, 0.15) is 0 Å². The smallest absolute Gasteiger partial charge is 0.155 e. The zero-order valence-electron chi connectivity index (χ0n) is 9.74. The Balaban J connectivity index is 2.20. The highest BCUT2D eigenvalue weighted by atomic mass is 35.5. The molecule has 1 unspecified atom stereocenters. The van der Waals surface area contributed by atoms with Gasteiger partial charge in [0, 0.05) is 18.1 Å². The number of aryl methyl sites for hydroxylation is 1. The van der Waals surface area contributed by atoms with Crippen LogP contribution in [0.25, 0.3) is 0 Å². The number of halogens is 1. The van der Waals surface area contributed by atoms with Gasteiger partial charge in [-0.25, -0.2) is 8.42 Å². The molecule has 94 valence electrons. The predicted molar refractivity (Wildman–Crippen MR) is 70.3 cm³/mol. The fourth-order valence-electron chi connectivity index (χ4n) is 2.10. The molecule has 1 heterocycles. The van der Waals surface area contributed by atoms with Crippen molar-refractivity contribution >= 4 is 21.4 Å². The third-order valence-electron chi connectivity index (χ3n) is 3.20. The molecular formula is C12H16ClNO2S. The molecule has 1 aromatic rings. The van der Waals surface area contributed by atoms with E-state index >= 15 is 0 Å². The van der Waals surface area contributed by atoms with Crippen molar-refractivity contribution in [1.29, 1.82) is 0 Å². The average molecular weight is 274 g/mol. The summed E-state index contributed by atoms with van der Waals surface area (Å²) >= 11 is 5.89. The van der Waals surface area contributed by atoms with Crippen LogP contribution in [0.2, 0.25) is 5.02 Å². The second-order valence-electron chi connectivity index (χ2n) is 4.47. The Bertz CT molecular complexity index is 513. The molecule has 2 rings (SSSR count). The lowest BCUT2D eigenvalue weighted by atomic mass is 10.0. The van der Waals surface area contributed by atoms with Gasteiger partial charge in [0.05, 0.1) is 11.0 Å². The Hall–Kier alpha value is -0.580. The van der Waals surface area contributed by atoms with Gasteiger partial charge in [-0.1, -0.05) is 17.7 Å². The van der Waals surface area contributed by atoms with Crippen molar-refractivity contribution in [1.82, 2.24) is 5.32 Å². The molecule has 1 aliphatic rings. The fourth-order valence-corrected chi connectivity index (χ4v) is 3.90. The second-order valence-corrected chi connectivity index (χ2v) is 7.31. The van der Waals surface area contributed by atoms with Crippen molar-refractivity contribution in [2.45, 2.75) is 18.6 Å². The Morgan fingerprint density at radius 1 is 1.47 bits per heavy atom. The van der Waals surface area contributed by atoms with Crippen molar-refractivity contribution < 1.29 is 8.42 Å². The van der Waals surface area contributed by atoms with Gasteiger partial charge in [-0.3, -0.25) is 0 Å². The van der Waals surface area contributed by atoms with E-state index in [0.717, 1.165) is 11.1 Å². The summed E-state index contributed by atoms with van der Waals surface area (Å²) in [6, 6.07) is 5.61. The van der Waals surface area contributed by atoms with Gasteiger partial charge in [0.15, 0.2) is 9.84 Å². The van der Waals surface area contributed by atoms with Crippen LogP contribution in [0.4, 0.5) is 0 Å².